The van der Waals surface area contributed by atoms with Gasteiger partial charge in [-0.1, -0.05) is 41.9 Å². The minimum atomic E-state index is -0.320. The minimum Gasteiger partial charge on any atom is -0.357 e. The zero-order valence-corrected chi connectivity index (χ0v) is 15.0. The average Bonchev–Trinajstić information content (AvgIpc) is 3.03. The van der Waals surface area contributed by atoms with Crippen LogP contribution in [0.5, 0.6) is 0 Å². The summed E-state index contributed by atoms with van der Waals surface area (Å²) in [4.78, 5) is 16.0. The number of halogens is 1. The van der Waals surface area contributed by atoms with E-state index in [1.807, 2.05) is 24.3 Å². The van der Waals surface area contributed by atoms with E-state index in [1.165, 1.54) is 10.9 Å². The predicted octanol–water partition coefficient (Wildman–Crippen LogP) is 3.55. The summed E-state index contributed by atoms with van der Waals surface area (Å²) < 4.78 is 0. The van der Waals surface area contributed by atoms with Crippen molar-refractivity contribution in [2.24, 2.45) is 5.10 Å². The van der Waals surface area contributed by atoms with Crippen LogP contribution in [0.3, 0.4) is 0 Å². The van der Waals surface area contributed by atoms with Crippen LogP contribution in [0.4, 0.5) is 0 Å². The molecule has 0 saturated carbocycles. The molecule has 132 valence electrons. The molecule has 0 bridgehead atoms. The van der Waals surface area contributed by atoms with Crippen LogP contribution in [0.15, 0.2) is 53.6 Å². The number of aromatic nitrogens is 1. The third kappa shape index (κ3) is 3.23. The van der Waals surface area contributed by atoms with E-state index in [0.717, 1.165) is 16.8 Å². The van der Waals surface area contributed by atoms with Crippen molar-refractivity contribution < 1.29 is 4.79 Å². The van der Waals surface area contributed by atoms with Crippen molar-refractivity contribution in [3.05, 3.63) is 70.4 Å². The summed E-state index contributed by atoms with van der Waals surface area (Å²) in [7, 11) is 0. The van der Waals surface area contributed by atoms with Crippen LogP contribution >= 0.6 is 11.6 Å². The third-order valence-corrected chi connectivity index (χ3v) is 4.97. The molecular weight excluding hydrogens is 348 g/mol. The number of H-pyrrole nitrogens is 1. The van der Waals surface area contributed by atoms with Gasteiger partial charge in [0.15, 0.2) is 0 Å². The van der Waals surface area contributed by atoms with E-state index >= 15 is 0 Å². The zero-order chi connectivity index (χ0) is 18.1. The lowest BCUT2D eigenvalue weighted by Crippen LogP contribution is -2.47. The molecule has 26 heavy (non-hydrogen) atoms. The smallest absolute Gasteiger partial charge is 0.257 e. The van der Waals surface area contributed by atoms with Gasteiger partial charge in [0, 0.05) is 27.7 Å². The summed E-state index contributed by atoms with van der Waals surface area (Å²) in [5.74, 6) is -0.141. The number of fused-ring (bicyclic) bond motifs is 3. The number of amides is 1. The third-order valence-electron chi connectivity index (χ3n) is 4.71. The van der Waals surface area contributed by atoms with Gasteiger partial charge in [0.1, 0.15) is 0 Å². The van der Waals surface area contributed by atoms with Gasteiger partial charge in [-0.3, -0.25) is 10.1 Å². The Balaban J connectivity index is 1.48. The molecule has 1 amide bonds. The monoisotopic (exact) mass is 366 g/mol. The molecule has 0 aliphatic carbocycles. The van der Waals surface area contributed by atoms with Crippen LogP contribution in [-0.2, 0) is 11.2 Å². The number of nitrogens with one attached hydrogen (secondary N) is 3. The van der Waals surface area contributed by atoms with Gasteiger partial charge in [-0.2, -0.15) is 5.10 Å². The van der Waals surface area contributed by atoms with E-state index in [1.54, 1.807) is 18.3 Å². The molecule has 2 atom stereocenters. The van der Waals surface area contributed by atoms with Crippen LogP contribution in [-0.4, -0.2) is 23.1 Å². The number of hydrazone groups is 1. The quantitative estimate of drug-likeness (QED) is 0.490. The normalized spacial score (nSPS) is 19.6. The SMILES string of the molecule is C[C@@H]1N[C@H](C(=O)NN=Cc2ccc(Cl)cc2)Cc2c1[nH]c1ccccc21. The van der Waals surface area contributed by atoms with Crippen molar-refractivity contribution in [1.82, 2.24) is 15.7 Å². The van der Waals surface area contributed by atoms with Gasteiger partial charge in [-0.15, -0.1) is 0 Å². The van der Waals surface area contributed by atoms with Crippen molar-refractivity contribution in [3.8, 4) is 0 Å². The molecule has 2 aromatic carbocycles. The molecular formula is C20H19ClN4O. The second-order valence-electron chi connectivity index (χ2n) is 6.49. The maximum Gasteiger partial charge on any atom is 0.257 e. The fourth-order valence-electron chi connectivity index (χ4n) is 3.42. The zero-order valence-electron chi connectivity index (χ0n) is 14.3. The predicted molar refractivity (Wildman–Crippen MR) is 105 cm³/mol. The molecule has 0 radical (unpaired) electrons. The number of rotatable bonds is 3. The van der Waals surface area contributed by atoms with Crippen LogP contribution in [0, 0.1) is 0 Å². The Morgan fingerprint density at radius 1 is 1.23 bits per heavy atom. The maximum atomic E-state index is 12.5. The molecule has 0 saturated heterocycles. The summed E-state index contributed by atoms with van der Waals surface area (Å²) in [5, 5.41) is 9.26. The summed E-state index contributed by atoms with van der Waals surface area (Å²) in [5.41, 5.74) is 6.97. The van der Waals surface area contributed by atoms with Crippen molar-refractivity contribution in [1.29, 1.82) is 0 Å². The summed E-state index contributed by atoms with van der Waals surface area (Å²) in [6, 6.07) is 15.2. The average molecular weight is 367 g/mol. The molecule has 2 heterocycles. The molecule has 6 heteroatoms. The fourth-order valence-corrected chi connectivity index (χ4v) is 3.55. The maximum absolute atomic E-state index is 12.5. The van der Waals surface area contributed by atoms with Crippen LogP contribution in [0.2, 0.25) is 5.02 Å². The molecule has 5 nitrogen and oxygen atoms in total. The number of hydrogen-bond acceptors (Lipinski definition) is 3. The van der Waals surface area contributed by atoms with E-state index in [4.69, 9.17) is 11.6 Å². The highest BCUT2D eigenvalue weighted by Gasteiger charge is 2.30. The van der Waals surface area contributed by atoms with Crippen molar-refractivity contribution in [2.75, 3.05) is 0 Å². The second kappa shape index (κ2) is 6.94. The highest BCUT2D eigenvalue weighted by molar-refractivity contribution is 6.30. The lowest BCUT2D eigenvalue weighted by molar-refractivity contribution is -0.123. The van der Waals surface area contributed by atoms with Crippen molar-refractivity contribution in [3.63, 3.8) is 0 Å². The lowest BCUT2D eigenvalue weighted by atomic mass is 9.94. The van der Waals surface area contributed by atoms with Gasteiger partial charge in [-0.05, 0) is 42.7 Å². The Morgan fingerprint density at radius 3 is 2.81 bits per heavy atom. The molecule has 4 rings (SSSR count). The van der Waals surface area contributed by atoms with Gasteiger partial charge in [0.05, 0.1) is 12.3 Å². The largest absolute Gasteiger partial charge is 0.357 e. The van der Waals surface area contributed by atoms with E-state index in [0.29, 0.717) is 11.4 Å². The number of para-hydroxylation sites is 1. The first-order valence-corrected chi connectivity index (χ1v) is 8.93. The van der Waals surface area contributed by atoms with Crippen molar-refractivity contribution in [2.45, 2.75) is 25.4 Å². The van der Waals surface area contributed by atoms with Gasteiger partial charge in [-0.25, -0.2) is 5.43 Å². The highest BCUT2D eigenvalue weighted by atomic mass is 35.5. The van der Waals surface area contributed by atoms with Crippen LogP contribution < -0.4 is 10.7 Å². The van der Waals surface area contributed by atoms with Gasteiger partial charge >= 0.3 is 0 Å². The molecule has 1 aromatic heterocycles. The van der Waals surface area contributed by atoms with Crippen LogP contribution in [0.1, 0.15) is 29.8 Å². The standard InChI is InChI=1S/C20H19ClN4O/c1-12-19-16(15-4-2-3-5-17(15)24-19)10-18(23-12)20(26)25-22-11-13-6-8-14(21)9-7-13/h2-9,11-12,18,23-24H,10H2,1H3,(H,25,26)/t12-,18-/m0/s1. The summed E-state index contributed by atoms with van der Waals surface area (Å²) >= 11 is 5.86. The topological polar surface area (TPSA) is 69.3 Å². The Hall–Kier alpha value is -2.63. The number of nitrogens with zero attached hydrogens (tertiary/aromatic N) is 1. The number of carbonyl (C=O) groups excluding carboxylic acids is 1. The Kier molecular flexibility index (Phi) is 4.49. The van der Waals surface area contributed by atoms with Gasteiger partial charge in [0.25, 0.3) is 5.91 Å². The molecule has 0 fully saturated rings. The van der Waals surface area contributed by atoms with E-state index in [2.05, 4.69) is 39.9 Å². The summed E-state index contributed by atoms with van der Waals surface area (Å²) in [6.45, 7) is 2.06. The molecule has 3 aromatic rings. The number of hydrogen-bond donors (Lipinski definition) is 3. The Morgan fingerprint density at radius 2 is 2.00 bits per heavy atom. The first kappa shape index (κ1) is 16.8. The number of carbonyl (C=O) groups is 1. The number of aromatic amines is 1. The molecule has 1 aliphatic rings. The molecule has 0 unspecified atom stereocenters. The second-order valence-corrected chi connectivity index (χ2v) is 6.93. The van der Waals surface area contributed by atoms with Crippen LogP contribution in [0.25, 0.3) is 10.9 Å². The van der Waals surface area contributed by atoms with E-state index in [9.17, 15) is 4.79 Å². The van der Waals surface area contributed by atoms with Gasteiger partial charge in [0.2, 0.25) is 0 Å². The Labute approximate surface area is 156 Å². The lowest BCUT2D eigenvalue weighted by Gasteiger charge is -2.27. The first-order chi connectivity index (χ1) is 12.6. The minimum absolute atomic E-state index is 0.0714. The molecule has 3 N–H and O–H groups in total. The molecule has 0 spiro atoms. The first-order valence-electron chi connectivity index (χ1n) is 8.56. The van der Waals surface area contributed by atoms with Crippen molar-refractivity contribution >= 4 is 34.6 Å². The number of benzene rings is 2. The summed E-state index contributed by atoms with van der Waals surface area (Å²) in [6.07, 6.45) is 2.24. The highest BCUT2D eigenvalue weighted by Crippen LogP contribution is 2.31. The van der Waals surface area contributed by atoms with E-state index < -0.39 is 0 Å². The molecule has 1 aliphatic heterocycles. The van der Waals surface area contributed by atoms with Gasteiger partial charge < -0.3 is 4.98 Å². The van der Waals surface area contributed by atoms with E-state index in [-0.39, 0.29) is 18.0 Å². The Bertz CT molecular complexity index is 977. The fraction of sp³-hybridized carbons (Fsp3) is 0.200.